The summed E-state index contributed by atoms with van der Waals surface area (Å²) in [6.07, 6.45) is 2.07. The van der Waals surface area contributed by atoms with Crippen molar-refractivity contribution < 1.29 is 42.1 Å². The van der Waals surface area contributed by atoms with Crippen LogP contribution in [0.2, 0.25) is 0 Å². The molecule has 1 fully saturated rings. The molecule has 31 heavy (non-hydrogen) atoms. The molecule has 0 spiro atoms. The number of ether oxygens (including phenoxy) is 4. The Labute approximate surface area is 178 Å². The van der Waals surface area contributed by atoms with Crippen LogP contribution in [0.3, 0.4) is 0 Å². The van der Waals surface area contributed by atoms with Crippen LogP contribution in [0.15, 0.2) is 24.3 Å². The summed E-state index contributed by atoms with van der Waals surface area (Å²) in [4.78, 5) is 38.7. The molecule has 1 aliphatic heterocycles. The average molecular weight is 442 g/mol. The van der Waals surface area contributed by atoms with Crippen molar-refractivity contribution in [3.63, 3.8) is 0 Å². The number of methoxy groups -OCH3 is 1. The number of carbonyl (C=O) groups excluding carboxylic acids is 3. The molecule has 1 aliphatic rings. The number of rotatable bonds is 8. The molecular weight excluding hydrogens is 418 g/mol. The number of hydrogen-bond acceptors (Lipinski definition) is 7. The number of halogens is 2. The van der Waals surface area contributed by atoms with Gasteiger partial charge in [-0.2, -0.15) is 8.78 Å². The van der Waals surface area contributed by atoms with Crippen LogP contribution >= 0.6 is 0 Å². The second-order valence-corrected chi connectivity index (χ2v) is 6.30. The summed E-state index contributed by atoms with van der Waals surface area (Å²) in [6, 6.07) is 4.16. The van der Waals surface area contributed by atoms with Gasteiger partial charge in [-0.3, -0.25) is 4.79 Å². The molecule has 2 amide bonds. The second kappa shape index (κ2) is 11.7. The van der Waals surface area contributed by atoms with Gasteiger partial charge in [-0.15, -0.1) is 0 Å². The first-order chi connectivity index (χ1) is 14.8. The lowest BCUT2D eigenvalue weighted by Crippen LogP contribution is -2.51. The fraction of sp³-hybridized carbons (Fsp3) is 0.450. The molecule has 1 aromatic rings. The molecule has 0 aliphatic carbocycles. The zero-order valence-corrected chi connectivity index (χ0v) is 17.2. The molecule has 0 atom stereocenters. The maximum Gasteiger partial charge on any atom is 0.409 e. The van der Waals surface area contributed by atoms with Crippen molar-refractivity contribution in [2.45, 2.75) is 13.5 Å². The Kier molecular flexibility index (Phi) is 9.04. The van der Waals surface area contributed by atoms with Crippen LogP contribution in [0.1, 0.15) is 12.5 Å². The molecule has 0 N–H and O–H groups in total. The van der Waals surface area contributed by atoms with Gasteiger partial charge in [-0.25, -0.2) is 9.59 Å². The highest BCUT2D eigenvalue weighted by atomic mass is 19.3. The standard InChI is InChI=1S/C20H24F2N2O7/c1-3-29-20(27)24-10-8-23(9-11-24)17(25)13-30-18(26)7-5-14-4-6-15(31-19(21)22)16(12-14)28-2/h4-7,12,19H,3,8-11,13H2,1-2H3. The van der Waals surface area contributed by atoms with Gasteiger partial charge in [-0.05, 0) is 30.7 Å². The molecule has 0 unspecified atom stereocenters. The Morgan fingerprint density at radius 3 is 2.35 bits per heavy atom. The molecule has 2 rings (SSSR count). The topological polar surface area (TPSA) is 94.6 Å². The number of alkyl halides is 2. The van der Waals surface area contributed by atoms with Crippen LogP contribution in [0.5, 0.6) is 11.5 Å². The van der Waals surface area contributed by atoms with E-state index in [0.29, 0.717) is 31.7 Å². The normalized spacial score (nSPS) is 14.0. The van der Waals surface area contributed by atoms with Crippen molar-refractivity contribution in [2.24, 2.45) is 0 Å². The predicted octanol–water partition coefficient (Wildman–Crippen LogP) is 2.15. The number of carbonyl (C=O) groups is 3. The second-order valence-electron chi connectivity index (χ2n) is 6.30. The van der Waals surface area contributed by atoms with E-state index in [1.165, 1.54) is 41.2 Å². The number of piperazine rings is 1. The van der Waals surface area contributed by atoms with Gasteiger partial charge in [0, 0.05) is 32.3 Å². The lowest BCUT2D eigenvalue weighted by Gasteiger charge is -2.33. The van der Waals surface area contributed by atoms with Crippen LogP contribution < -0.4 is 9.47 Å². The van der Waals surface area contributed by atoms with E-state index in [1.807, 2.05) is 0 Å². The SMILES string of the molecule is CCOC(=O)N1CCN(C(=O)COC(=O)C=Cc2ccc(OC(F)F)c(OC)c2)CC1. The van der Waals surface area contributed by atoms with Crippen molar-refractivity contribution in [1.82, 2.24) is 9.80 Å². The minimum absolute atomic E-state index is 0.0768. The van der Waals surface area contributed by atoms with Crippen molar-refractivity contribution in [3.05, 3.63) is 29.8 Å². The van der Waals surface area contributed by atoms with Crippen LogP contribution in [0.25, 0.3) is 6.08 Å². The molecule has 1 aromatic carbocycles. The molecule has 1 saturated heterocycles. The molecule has 11 heteroatoms. The number of amides is 2. The maximum absolute atomic E-state index is 12.4. The first-order valence-electron chi connectivity index (χ1n) is 9.51. The third-order valence-electron chi connectivity index (χ3n) is 4.31. The van der Waals surface area contributed by atoms with Crippen molar-refractivity contribution in [2.75, 3.05) is 46.5 Å². The molecule has 1 heterocycles. The Hall–Kier alpha value is -3.37. The highest BCUT2D eigenvalue weighted by Crippen LogP contribution is 2.29. The molecule has 9 nitrogen and oxygen atoms in total. The van der Waals surface area contributed by atoms with Crippen LogP contribution in [-0.4, -0.2) is 80.9 Å². The number of hydrogen-bond donors (Lipinski definition) is 0. The largest absolute Gasteiger partial charge is 0.493 e. The first kappa shape index (κ1) is 23.9. The molecule has 0 aromatic heterocycles. The van der Waals surface area contributed by atoms with Gasteiger partial charge in [0.25, 0.3) is 5.91 Å². The van der Waals surface area contributed by atoms with Crippen molar-refractivity contribution >= 4 is 24.0 Å². The summed E-state index contributed by atoms with van der Waals surface area (Å²) >= 11 is 0. The highest BCUT2D eigenvalue weighted by Gasteiger charge is 2.25. The Balaban J connectivity index is 1.80. The third kappa shape index (κ3) is 7.43. The van der Waals surface area contributed by atoms with Gasteiger partial charge in [0.1, 0.15) is 0 Å². The van der Waals surface area contributed by atoms with E-state index in [4.69, 9.17) is 14.2 Å². The zero-order chi connectivity index (χ0) is 22.8. The Morgan fingerprint density at radius 2 is 1.74 bits per heavy atom. The molecular formula is C20H24F2N2O7. The number of benzene rings is 1. The molecule has 0 bridgehead atoms. The summed E-state index contributed by atoms with van der Waals surface area (Å²) in [6.45, 7) is -0.119. The predicted molar refractivity (Wildman–Crippen MR) is 105 cm³/mol. The molecule has 0 saturated carbocycles. The Bertz CT molecular complexity index is 809. The van der Waals surface area contributed by atoms with Crippen molar-refractivity contribution in [1.29, 1.82) is 0 Å². The van der Waals surface area contributed by atoms with E-state index in [0.717, 1.165) is 6.08 Å². The smallest absolute Gasteiger partial charge is 0.409 e. The Morgan fingerprint density at radius 1 is 1.06 bits per heavy atom. The van der Waals surface area contributed by atoms with Gasteiger partial charge in [0.15, 0.2) is 18.1 Å². The third-order valence-corrected chi connectivity index (χ3v) is 4.31. The molecule has 0 radical (unpaired) electrons. The fourth-order valence-electron chi connectivity index (χ4n) is 2.77. The lowest BCUT2D eigenvalue weighted by molar-refractivity contribution is -0.148. The van der Waals surface area contributed by atoms with Gasteiger partial charge in [-0.1, -0.05) is 6.07 Å². The minimum atomic E-state index is -2.99. The monoisotopic (exact) mass is 442 g/mol. The number of nitrogens with zero attached hydrogens (tertiary/aromatic N) is 2. The lowest BCUT2D eigenvalue weighted by atomic mass is 10.2. The minimum Gasteiger partial charge on any atom is -0.493 e. The quantitative estimate of drug-likeness (QED) is 0.450. The van der Waals surface area contributed by atoms with Gasteiger partial charge in [0.2, 0.25) is 0 Å². The van der Waals surface area contributed by atoms with E-state index < -0.39 is 25.3 Å². The van der Waals surface area contributed by atoms with E-state index in [9.17, 15) is 23.2 Å². The first-order valence-corrected chi connectivity index (χ1v) is 9.51. The van der Waals surface area contributed by atoms with E-state index in [-0.39, 0.29) is 24.0 Å². The zero-order valence-electron chi connectivity index (χ0n) is 17.2. The maximum atomic E-state index is 12.4. The summed E-state index contributed by atoms with van der Waals surface area (Å²) < 4.78 is 43.9. The summed E-state index contributed by atoms with van der Waals surface area (Å²) in [5, 5.41) is 0. The molecule has 170 valence electrons. The van der Waals surface area contributed by atoms with Gasteiger partial charge < -0.3 is 28.7 Å². The average Bonchev–Trinajstić information content (AvgIpc) is 2.76. The van der Waals surface area contributed by atoms with E-state index in [1.54, 1.807) is 6.92 Å². The highest BCUT2D eigenvalue weighted by molar-refractivity contribution is 5.89. The van der Waals surface area contributed by atoms with E-state index >= 15 is 0 Å². The van der Waals surface area contributed by atoms with Crippen molar-refractivity contribution in [3.8, 4) is 11.5 Å². The van der Waals surface area contributed by atoms with Crippen LogP contribution in [-0.2, 0) is 19.1 Å². The summed E-state index contributed by atoms with van der Waals surface area (Å²) in [7, 11) is 1.30. The fourth-order valence-corrected chi connectivity index (χ4v) is 2.77. The van der Waals surface area contributed by atoms with Crippen LogP contribution in [0, 0.1) is 0 Å². The summed E-state index contributed by atoms with van der Waals surface area (Å²) in [5.74, 6) is -1.18. The van der Waals surface area contributed by atoms with Gasteiger partial charge >= 0.3 is 18.7 Å². The number of esters is 1. The van der Waals surface area contributed by atoms with Crippen LogP contribution in [0.4, 0.5) is 13.6 Å². The van der Waals surface area contributed by atoms with E-state index in [2.05, 4.69) is 4.74 Å². The van der Waals surface area contributed by atoms with Gasteiger partial charge in [0.05, 0.1) is 13.7 Å². The summed E-state index contributed by atoms with van der Waals surface area (Å²) in [5.41, 5.74) is 0.483.